The zero-order valence-corrected chi connectivity index (χ0v) is 20.3. The molecule has 0 aromatic heterocycles. The van der Waals surface area contributed by atoms with Gasteiger partial charge in [-0.15, -0.1) is 0 Å². The maximum Gasteiger partial charge on any atom is 0.0543 e. The smallest absolute Gasteiger partial charge is 0.0543 e. The van der Waals surface area contributed by atoms with Crippen molar-refractivity contribution in [2.75, 3.05) is 4.90 Å². The third kappa shape index (κ3) is 3.08. The lowest BCUT2D eigenvalue weighted by Gasteiger charge is -2.30. The third-order valence-corrected chi connectivity index (χ3v) is 7.33. The summed E-state index contributed by atoms with van der Waals surface area (Å²) < 4.78 is 0. The Balaban J connectivity index is 1.71. The molecule has 0 bridgehead atoms. The number of para-hydroxylation sites is 1. The van der Waals surface area contributed by atoms with Gasteiger partial charge in [0.2, 0.25) is 0 Å². The van der Waals surface area contributed by atoms with Crippen molar-refractivity contribution < 1.29 is 0 Å². The van der Waals surface area contributed by atoms with Crippen LogP contribution in [-0.2, 0) is 5.41 Å². The molecule has 166 valence electrons. The molecule has 0 aliphatic heterocycles. The zero-order chi connectivity index (χ0) is 23.4. The van der Waals surface area contributed by atoms with E-state index < -0.39 is 0 Å². The molecule has 34 heavy (non-hydrogen) atoms. The Morgan fingerprint density at radius 2 is 1.24 bits per heavy atom. The highest BCUT2D eigenvalue weighted by molar-refractivity contribution is 6.09. The summed E-state index contributed by atoms with van der Waals surface area (Å²) in [5.41, 5.74) is 11.7. The van der Waals surface area contributed by atoms with Crippen LogP contribution in [0.5, 0.6) is 0 Å². The number of anilines is 3. The molecule has 0 saturated heterocycles. The monoisotopic (exact) mass is 439 g/mol. The third-order valence-electron chi connectivity index (χ3n) is 7.33. The van der Waals surface area contributed by atoms with E-state index in [1.54, 1.807) is 0 Å². The fourth-order valence-electron chi connectivity index (χ4n) is 5.63. The van der Waals surface area contributed by atoms with Gasteiger partial charge < -0.3 is 4.90 Å². The van der Waals surface area contributed by atoms with Crippen molar-refractivity contribution in [1.82, 2.24) is 0 Å². The van der Waals surface area contributed by atoms with Gasteiger partial charge in [0.25, 0.3) is 0 Å². The first kappa shape index (κ1) is 20.7. The van der Waals surface area contributed by atoms with Crippen molar-refractivity contribution in [3.63, 3.8) is 0 Å². The molecule has 0 saturated carbocycles. The van der Waals surface area contributed by atoms with Crippen LogP contribution in [0.3, 0.4) is 0 Å². The molecule has 1 aliphatic carbocycles. The molecular formula is C33H29N. The van der Waals surface area contributed by atoms with Crippen LogP contribution in [0.15, 0.2) is 103 Å². The summed E-state index contributed by atoms with van der Waals surface area (Å²) in [6, 6.07) is 37.8. The quantitative estimate of drug-likeness (QED) is 0.271. The molecule has 0 radical (unpaired) electrons. The van der Waals surface area contributed by atoms with Gasteiger partial charge in [0.1, 0.15) is 0 Å². The first-order valence-electron chi connectivity index (χ1n) is 12.0. The van der Waals surface area contributed by atoms with Gasteiger partial charge in [0.15, 0.2) is 0 Å². The Bertz CT molecular complexity index is 1540. The van der Waals surface area contributed by atoms with Crippen LogP contribution in [0.4, 0.5) is 17.1 Å². The molecule has 0 unspecified atom stereocenters. The van der Waals surface area contributed by atoms with Crippen molar-refractivity contribution in [2.45, 2.75) is 33.1 Å². The fraction of sp³-hybridized carbons (Fsp3) is 0.152. The first-order valence-corrected chi connectivity index (χ1v) is 12.0. The molecule has 0 heterocycles. The van der Waals surface area contributed by atoms with Crippen molar-refractivity contribution in [2.24, 2.45) is 0 Å². The molecule has 6 rings (SSSR count). The van der Waals surface area contributed by atoms with Crippen LogP contribution in [0.25, 0.3) is 21.9 Å². The minimum Gasteiger partial charge on any atom is -0.310 e. The van der Waals surface area contributed by atoms with E-state index in [1.165, 1.54) is 61.2 Å². The van der Waals surface area contributed by atoms with Crippen LogP contribution in [0, 0.1) is 13.8 Å². The second-order valence-electron chi connectivity index (χ2n) is 10.0. The molecule has 0 N–H and O–H groups in total. The van der Waals surface area contributed by atoms with Gasteiger partial charge in [0, 0.05) is 22.2 Å². The maximum absolute atomic E-state index is 2.45. The summed E-state index contributed by atoms with van der Waals surface area (Å²) in [6.07, 6.45) is 0. The number of hydrogen-bond acceptors (Lipinski definition) is 1. The van der Waals surface area contributed by atoms with Crippen LogP contribution in [0.2, 0.25) is 0 Å². The fourth-order valence-corrected chi connectivity index (χ4v) is 5.63. The van der Waals surface area contributed by atoms with E-state index in [9.17, 15) is 0 Å². The van der Waals surface area contributed by atoms with Crippen LogP contribution in [-0.4, -0.2) is 0 Å². The van der Waals surface area contributed by atoms with Crippen LogP contribution < -0.4 is 4.90 Å². The summed E-state index contributed by atoms with van der Waals surface area (Å²) in [4.78, 5) is 2.42. The Hall–Kier alpha value is -3.84. The standard InChI is InChI=1S/C33H29N/c1-22-11-10-14-25(19-22)34(24-12-6-5-7-13-24)31-21-30-32(27-16-9-8-15-26(27)31)28-18-17-23(2)20-29(28)33(30,3)4/h5-21H,1-4H3. The number of hydrogen-bond donors (Lipinski definition) is 0. The molecule has 1 aliphatic rings. The Kier molecular flexibility index (Phi) is 4.64. The van der Waals surface area contributed by atoms with E-state index in [-0.39, 0.29) is 5.41 Å². The Labute approximate surface area is 202 Å². The Morgan fingerprint density at radius 3 is 2.00 bits per heavy atom. The van der Waals surface area contributed by atoms with E-state index in [1.807, 2.05) is 0 Å². The highest BCUT2D eigenvalue weighted by Crippen LogP contribution is 2.54. The summed E-state index contributed by atoms with van der Waals surface area (Å²) in [5, 5.41) is 2.59. The van der Waals surface area contributed by atoms with Gasteiger partial charge >= 0.3 is 0 Å². The summed E-state index contributed by atoms with van der Waals surface area (Å²) in [5.74, 6) is 0. The van der Waals surface area contributed by atoms with E-state index in [4.69, 9.17) is 0 Å². The predicted molar refractivity (Wildman–Crippen MR) is 146 cm³/mol. The minimum atomic E-state index is -0.0650. The average molecular weight is 440 g/mol. The molecular weight excluding hydrogens is 410 g/mol. The van der Waals surface area contributed by atoms with Crippen molar-refractivity contribution >= 4 is 27.8 Å². The number of rotatable bonds is 3. The SMILES string of the molecule is Cc1cccc(N(c2ccccc2)c2cc3c(c4ccccc24)-c2ccc(C)cc2C3(C)C)c1. The molecule has 0 atom stereocenters. The normalized spacial score (nSPS) is 13.5. The molecule has 0 spiro atoms. The second kappa shape index (κ2) is 7.60. The average Bonchev–Trinajstić information content (AvgIpc) is 3.06. The van der Waals surface area contributed by atoms with Gasteiger partial charge in [-0.25, -0.2) is 0 Å². The van der Waals surface area contributed by atoms with E-state index in [0.29, 0.717) is 0 Å². The van der Waals surface area contributed by atoms with Crippen molar-refractivity contribution in [1.29, 1.82) is 0 Å². The zero-order valence-electron chi connectivity index (χ0n) is 20.3. The summed E-state index contributed by atoms with van der Waals surface area (Å²) >= 11 is 0. The lowest BCUT2D eigenvalue weighted by Crippen LogP contribution is -2.17. The van der Waals surface area contributed by atoms with E-state index in [2.05, 4.69) is 136 Å². The highest BCUT2D eigenvalue weighted by Gasteiger charge is 2.37. The van der Waals surface area contributed by atoms with Gasteiger partial charge in [-0.3, -0.25) is 0 Å². The minimum absolute atomic E-state index is 0.0650. The molecule has 5 aromatic rings. The Morgan fingerprint density at radius 1 is 0.559 bits per heavy atom. The largest absolute Gasteiger partial charge is 0.310 e. The van der Waals surface area contributed by atoms with Gasteiger partial charge in [-0.1, -0.05) is 92.2 Å². The second-order valence-corrected chi connectivity index (χ2v) is 10.0. The van der Waals surface area contributed by atoms with Crippen LogP contribution >= 0.6 is 0 Å². The van der Waals surface area contributed by atoms with Gasteiger partial charge in [0.05, 0.1) is 5.69 Å². The predicted octanol–water partition coefficient (Wildman–Crippen LogP) is 9.23. The van der Waals surface area contributed by atoms with Gasteiger partial charge in [-0.05, 0) is 77.4 Å². The lowest BCUT2D eigenvalue weighted by molar-refractivity contribution is 0.660. The maximum atomic E-state index is 2.45. The highest BCUT2D eigenvalue weighted by atomic mass is 15.1. The molecule has 0 amide bonds. The number of benzene rings is 5. The number of nitrogens with zero attached hydrogens (tertiary/aromatic N) is 1. The topological polar surface area (TPSA) is 3.24 Å². The molecule has 1 heteroatoms. The van der Waals surface area contributed by atoms with Crippen LogP contribution in [0.1, 0.15) is 36.1 Å². The number of aryl methyl sites for hydroxylation is 2. The van der Waals surface area contributed by atoms with E-state index in [0.717, 1.165) is 0 Å². The first-order chi connectivity index (χ1) is 16.4. The lowest BCUT2D eigenvalue weighted by atomic mass is 9.81. The summed E-state index contributed by atoms with van der Waals surface area (Å²) in [7, 11) is 0. The molecule has 1 nitrogen and oxygen atoms in total. The number of fused-ring (bicyclic) bond motifs is 5. The van der Waals surface area contributed by atoms with Crippen molar-refractivity contribution in [3.05, 3.63) is 125 Å². The molecule has 0 fully saturated rings. The summed E-state index contributed by atoms with van der Waals surface area (Å²) in [6.45, 7) is 9.09. The molecule has 5 aromatic carbocycles. The van der Waals surface area contributed by atoms with Crippen molar-refractivity contribution in [3.8, 4) is 11.1 Å². The van der Waals surface area contributed by atoms with E-state index >= 15 is 0 Å². The van der Waals surface area contributed by atoms with Gasteiger partial charge in [-0.2, -0.15) is 0 Å².